The van der Waals surface area contributed by atoms with Crippen LogP contribution in [0.5, 0.6) is 0 Å². The second-order valence-electron chi connectivity index (χ2n) is 3.05. The van der Waals surface area contributed by atoms with Crippen LogP contribution in [0.1, 0.15) is 18.5 Å². The van der Waals surface area contributed by atoms with Crippen LogP contribution < -0.4 is 11.3 Å². The van der Waals surface area contributed by atoms with Crippen molar-refractivity contribution in [1.82, 2.24) is 5.43 Å². The van der Waals surface area contributed by atoms with Crippen LogP contribution >= 0.6 is 0 Å². The number of nitrogens with one attached hydrogen (secondary N) is 1. The van der Waals surface area contributed by atoms with E-state index in [9.17, 15) is 4.39 Å². The van der Waals surface area contributed by atoms with Crippen molar-refractivity contribution in [2.24, 2.45) is 5.84 Å². The Balaban J connectivity index is 0.000000366. The fourth-order valence-corrected chi connectivity index (χ4v) is 0.848. The third kappa shape index (κ3) is 6.23. The Morgan fingerprint density at radius 2 is 1.65 bits per heavy atom. The quantitative estimate of drug-likeness (QED) is 0.342. The van der Waals surface area contributed by atoms with Gasteiger partial charge >= 0.3 is 11.9 Å². The molecule has 6 nitrogen and oxygen atoms in total. The smallest absolute Gasteiger partial charge is 0.414 e. The van der Waals surface area contributed by atoms with Gasteiger partial charge in [0, 0.05) is 6.04 Å². The average Bonchev–Trinajstić information content (AvgIpc) is 2.29. The summed E-state index contributed by atoms with van der Waals surface area (Å²) in [6, 6.07) is 6.32. The van der Waals surface area contributed by atoms with Crippen LogP contribution in [0.3, 0.4) is 0 Å². The van der Waals surface area contributed by atoms with Crippen molar-refractivity contribution in [1.29, 1.82) is 0 Å². The molecule has 0 fully saturated rings. The molecule has 1 rings (SSSR count). The van der Waals surface area contributed by atoms with Crippen molar-refractivity contribution in [2.75, 3.05) is 0 Å². The van der Waals surface area contributed by atoms with Crippen LogP contribution in [0.15, 0.2) is 24.3 Å². The van der Waals surface area contributed by atoms with Crippen molar-refractivity contribution in [2.45, 2.75) is 13.0 Å². The predicted octanol–water partition coefficient (Wildman–Crippen LogP) is 0.506. The Kier molecular flexibility index (Phi) is 6.46. The lowest BCUT2D eigenvalue weighted by molar-refractivity contribution is -0.159. The molecule has 0 spiro atoms. The van der Waals surface area contributed by atoms with Gasteiger partial charge in [0.05, 0.1) is 0 Å². The first kappa shape index (κ1) is 15.0. The standard InChI is InChI=1S/C8H11FN2.C2H2O4/c1-6(11-10)7-2-4-8(9)5-3-7;3-1(4)2(5)6/h2-6,11H,10H2,1H3;(H,3,4)(H,5,6). The van der Waals surface area contributed by atoms with Crippen LogP contribution in [0.4, 0.5) is 4.39 Å². The molecule has 0 aromatic heterocycles. The molecule has 0 amide bonds. The molecule has 0 saturated heterocycles. The fourth-order valence-electron chi connectivity index (χ4n) is 0.848. The van der Waals surface area contributed by atoms with Crippen molar-refractivity contribution < 1.29 is 24.2 Å². The Morgan fingerprint density at radius 1 is 1.24 bits per heavy atom. The molecule has 7 heteroatoms. The highest BCUT2D eigenvalue weighted by Crippen LogP contribution is 2.10. The zero-order chi connectivity index (χ0) is 13.4. The average molecular weight is 244 g/mol. The van der Waals surface area contributed by atoms with E-state index in [1.54, 1.807) is 12.1 Å². The van der Waals surface area contributed by atoms with Gasteiger partial charge in [-0.25, -0.2) is 14.0 Å². The van der Waals surface area contributed by atoms with Gasteiger partial charge in [-0.1, -0.05) is 12.1 Å². The van der Waals surface area contributed by atoms with E-state index >= 15 is 0 Å². The molecule has 5 N–H and O–H groups in total. The Bertz CT molecular complexity index is 368. The van der Waals surface area contributed by atoms with Gasteiger partial charge in [0.1, 0.15) is 5.82 Å². The second-order valence-corrected chi connectivity index (χ2v) is 3.05. The van der Waals surface area contributed by atoms with Crippen LogP contribution in [0.2, 0.25) is 0 Å². The summed E-state index contributed by atoms with van der Waals surface area (Å²) in [5.74, 6) is 1.33. The van der Waals surface area contributed by atoms with E-state index in [0.717, 1.165) is 5.56 Å². The molecule has 1 aromatic rings. The zero-order valence-electron chi connectivity index (χ0n) is 9.05. The molecular weight excluding hydrogens is 231 g/mol. The molecule has 0 aliphatic carbocycles. The van der Waals surface area contributed by atoms with Gasteiger partial charge < -0.3 is 10.2 Å². The molecule has 0 saturated carbocycles. The number of benzene rings is 1. The van der Waals surface area contributed by atoms with Crippen molar-refractivity contribution in [3.05, 3.63) is 35.6 Å². The van der Waals surface area contributed by atoms with Crippen LogP contribution in [-0.4, -0.2) is 22.2 Å². The van der Waals surface area contributed by atoms with E-state index in [2.05, 4.69) is 5.43 Å². The number of aliphatic carboxylic acids is 2. The van der Waals surface area contributed by atoms with Gasteiger partial charge in [0.15, 0.2) is 0 Å². The number of carbonyl (C=O) groups is 2. The summed E-state index contributed by atoms with van der Waals surface area (Å²) in [6.45, 7) is 1.91. The normalized spacial score (nSPS) is 11.0. The van der Waals surface area contributed by atoms with Gasteiger partial charge in [-0.2, -0.15) is 0 Å². The zero-order valence-corrected chi connectivity index (χ0v) is 9.05. The van der Waals surface area contributed by atoms with E-state index in [1.165, 1.54) is 12.1 Å². The first-order valence-corrected chi connectivity index (χ1v) is 4.56. The number of carboxylic acids is 2. The number of hydrogen-bond acceptors (Lipinski definition) is 4. The lowest BCUT2D eigenvalue weighted by Gasteiger charge is -2.08. The Labute approximate surface area is 96.8 Å². The third-order valence-corrected chi connectivity index (χ3v) is 1.80. The Hall–Kier alpha value is -1.99. The third-order valence-electron chi connectivity index (χ3n) is 1.80. The molecular formula is C10H13FN2O4. The number of carboxylic acid groups (broad SMARTS) is 2. The summed E-state index contributed by atoms with van der Waals surface area (Å²) >= 11 is 0. The fraction of sp³-hybridized carbons (Fsp3) is 0.200. The van der Waals surface area contributed by atoms with Crippen LogP contribution in [0, 0.1) is 5.82 Å². The molecule has 0 heterocycles. The largest absolute Gasteiger partial charge is 0.473 e. The number of hydrazine groups is 1. The van der Waals surface area contributed by atoms with E-state index in [4.69, 9.17) is 25.6 Å². The monoisotopic (exact) mass is 244 g/mol. The highest BCUT2D eigenvalue weighted by Gasteiger charge is 2.04. The summed E-state index contributed by atoms with van der Waals surface area (Å²) in [6.07, 6.45) is 0. The molecule has 94 valence electrons. The van der Waals surface area contributed by atoms with Crippen molar-refractivity contribution >= 4 is 11.9 Å². The van der Waals surface area contributed by atoms with Gasteiger partial charge in [0.25, 0.3) is 0 Å². The summed E-state index contributed by atoms with van der Waals surface area (Å²) in [7, 11) is 0. The number of halogens is 1. The van der Waals surface area contributed by atoms with E-state index < -0.39 is 11.9 Å². The minimum atomic E-state index is -1.82. The highest BCUT2D eigenvalue weighted by atomic mass is 19.1. The minimum absolute atomic E-state index is 0.0654. The maximum Gasteiger partial charge on any atom is 0.414 e. The lowest BCUT2D eigenvalue weighted by Crippen LogP contribution is -2.25. The molecule has 0 radical (unpaired) electrons. The summed E-state index contributed by atoms with van der Waals surface area (Å²) < 4.78 is 12.4. The molecule has 17 heavy (non-hydrogen) atoms. The number of nitrogens with two attached hydrogens (primary N) is 1. The predicted molar refractivity (Wildman–Crippen MR) is 57.4 cm³/mol. The maximum atomic E-state index is 12.4. The molecule has 1 aromatic carbocycles. The molecule has 0 aliphatic rings. The van der Waals surface area contributed by atoms with Crippen molar-refractivity contribution in [3.8, 4) is 0 Å². The molecule has 0 aliphatic heterocycles. The first-order valence-electron chi connectivity index (χ1n) is 4.56. The van der Waals surface area contributed by atoms with Crippen molar-refractivity contribution in [3.63, 3.8) is 0 Å². The highest BCUT2D eigenvalue weighted by molar-refractivity contribution is 6.27. The van der Waals surface area contributed by atoms with E-state index in [-0.39, 0.29) is 11.9 Å². The van der Waals surface area contributed by atoms with Gasteiger partial charge in [-0.3, -0.25) is 11.3 Å². The molecule has 1 atom stereocenters. The lowest BCUT2D eigenvalue weighted by atomic mass is 10.1. The van der Waals surface area contributed by atoms with Crippen LogP contribution in [0.25, 0.3) is 0 Å². The van der Waals surface area contributed by atoms with E-state index in [1.807, 2.05) is 6.92 Å². The van der Waals surface area contributed by atoms with Gasteiger partial charge in [0.2, 0.25) is 0 Å². The SMILES string of the molecule is CC(NN)c1ccc(F)cc1.O=C(O)C(=O)O. The minimum Gasteiger partial charge on any atom is -0.473 e. The second kappa shape index (κ2) is 7.31. The van der Waals surface area contributed by atoms with Crippen LogP contribution in [-0.2, 0) is 9.59 Å². The molecule has 0 bridgehead atoms. The summed E-state index contributed by atoms with van der Waals surface area (Å²) in [4.78, 5) is 18.2. The number of hydrogen-bond donors (Lipinski definition) is 4. The summed E-state index contributed by atoms with van der Waals surface area (Å²) in [5.41, 5.74) is 3.56. The van der Waals surface area contributed by atoms with Gasteiger partial charge in [-0.15, -0.1) is 0 Å². The maximum absolute atomic E-state index is 12.4. The topological polar surface area (TPSA) is 113 Å². The first-order chi connectivity index (χ1) is 7.88. The number of rotatable bonds is 2. The van der Waals surface area contributed by atoms with E-state index in [0.29, 0.717) is 0 Å². The summed E-state index contributed by atoms with van der Waals surface area (Å²) in [5, 5.41) is 14.8. The van der Waals surface area contributed by atoms with Gasteiger partial charge in [-0.05, 0) is 24.6 Å². The molecule has 1 unspecified atom stereocenters. The Morgan fingerprint density at radius 3 is 1.94 bits per heavy atom.